The number of pyridine rings is 1. The van der Waals surface area contributed by atoms with Crippen LogP contribution in [-0.4, -0.2) is 85.0 Å². The summed E-state index contributed by atoms with van der Waals surface area (Å²) in [6.07, 6.45) is 6.48. The molecule has 1 spiro atoms. The molecule has 0 radical (unpaired) electrons. The quantitative estimate of drug-likeness (QED) is 0.133. The van der Waals surface area contributed by atoms with Gasteiger partial charge in [0.05, 0.1) is 17.2 Å². The first-order valence-corrected chi connectivity index (χ1v) is 21.4. The van der Waals surface area contributed by atoms with Crippen molar-refractivity contribution >= 4 is 45.9 Å². The molecule has 9 rings (SSSR count). The smallest absolute Gasteiger partial charge is 0.386 e. The summed E-state index contributed by atoms with van der Waals surface area (Å²) >= 11 is 0. The summed E-state index contributed by atoms with van der Waals surface area (Å²) < 4.78 is 41.8. The minimum Gasteiger partial charge on any atom is -0.386 e. The average molecular weight is 841 g/mol. The number of carbonyl (C=O) groups excluding carboxylic acids is 4. The number of nitrogens with zero attached hydrogens (tertiary/aromatic N) is 5. The van der Waals surface area contributed by atoms with Crippen LogP contribution in [0.3, 0.4) is 0 Å². The van der Waals surface area contributed by atoms with Gasteiger partial charge in [-0.15, -0.1) is 0 Å². The van der Waals surface area contributed by atoms with E-state index in [1.54, 1.807) is 30.9 Å². The van der Waals surface area contributed by atoms with Crippen LogP contribution in [0.15, 0.2) is 54.7 Å². The van der Waals surface area contributed by atoms with Crippen molar-refractivity contribution in [3.05, 3.63) is 82.8 Å². The van der Waals surface area contributed by atoms with E-state index < -0.39 is 35.3 Å². The van der Waals surface area contributed by atoms with E-state index in [1.807, 2.05) is 29.1 Å². The van der Waals surface area contributed by atoms with Crippen LogP contribution < -0.4 is 16.0 Å². The molecule has 13 nitrogen and oxygen atoms in total. The lowest BCUT2D eigenvalue weighted by Crippen LogP contribution is -2.52. The number of hydrogen-bond acceptors (Lipinski definition) is 9. The average Bonchev–Trinajstić information content (AvgIpc) is 3.78. The lowest BCUT2D eigenvalue weighted by molar-refractivity contribution is -0.141. The van der Waals surface area contributed by atoms with Gasteiger partial charge >= 0.3 is 6.18 Å². The fourth-order valence-electron chi connectivity index (χ4n) is 10.4. The van der Waals surface area contributed by atoms with Gasteiger partial charge in [-0.05, 0) is 132 Å². The number of piperidine rings is 2. The molecule has 4 amide bonds. The van der Waals surface area contributed by atoms with Gasteiger partial charge in [-0.25, -0.2) is 4.98 Å². The molecule has 1 unspecified atom stereocenters. The van der Waals surface area contributed by atoms with Crippen molar-refractivity contribution in [2.45, 2.75) is 115 Å². The molecule has 4 aromatic rings. The molecule has 2 aromatic carbocycles. The van der Waals surface area contributed by atoms with E-state index in [1.165, 1.54) is 18.9 Å². The third kappa shape index (κ3) is 8.23. The number of amides is 4. The van der Waals surface area contributed by atoms with Gasteiger partial charge < -0.3 is 25.5 Å². The first-order valence-electron chi connectivity index (χ1n) is 21.4. The second-order valence-corrected chi connectivity index (χ2v) is 18.4. The molecule has 2 saturated carbocycles. The maximum absolute atomic E-state index is 13.3. The van der Waals surface area contributed by atoms with Gasteiger partial charge in [0.25, 0.3) is 11.8 Å². The van der Waals surface area contributed by atoms with Crippen molar-refractivity contribution in [3.63, 3.8) is 0 Å². The van der Waals surface area contributed by atoms with E-state index in [9.17, 15) is 37.5 Å². The second kappa shape index (κ2) is 15.5. The number of alkyl halides is 3. The largest absolute Gasteiger partial charge is 0.433 e. The molecule has 4 N–H and O–H groups in total. The summed E-state index contributed by atoms with van der Waals surface area (Å²) in [4.78, 5) is 58.3. The lowest BCUT2D eigenvalue weighted by atomic mass is 9.60. The number of anilines is 2. The van der Waals surface area contributed by atoms with Gasteiger partial charge in [0, 0.05) is 65.2 Å². The first-order chi connectivity index (χ1) is 29.0. The molecule has 2 aliphatic carbocycles. The third-order valence-electron chi connectivity index (χ3n) is 13.8. The Balaban J connectivity index is 0.760. The van der Waals surface area contributed by atoms with Crippen molar-refractivity contribution in [2.24, 2.45) is 11.3 Å². The summed E-state index contributed by atoms with van der Waals surface area (Å²) in [5.41, 5.74) is 1.26. The van der Waals surface area contributed by atoms with E-state index >= 15 is 0 Å². The van der Waals surface area contributed by atoms with Crippen LogP contribution in [-0.2, 0) is 27.9 Å². The highest BCUT2D eigenvalue weighted by Gasteiger charge is 2.47. The zero-order chi connectivity index (χ0) is 42.8. The van der Waals surface area contributed by atoms with Gasteiger partial charge in [-0.3, -0.25) is 29.2 Å². The normalized spacial score (nSPS) is 23.5. The van der Waals surface area contributed by atoms with Gasteiger partial charge in [0.15, 0.2) is 0 Å². The topological polar surface area (TPSA) is 162 Å². The van der Waals surface area contributed by atoms with E-state index in [0.29, 0.717) is 47.0 Å². The summed E-state index contributed by atoms with van der Waals surface area (Å²) in [6.45, 7) is 6.77. The van der Waals surface area contributed by atoms with Gasteiger partial charge in [0.1, 0.15) is 17.4 Å². The van der Waals surface area contributed by atoms with Crippen LogP contribution >= 0.6 is 0 Å². The number of aliphatic hydroxyl groups is 1. The molecular weight excluding hydrogens is 790 g/mol. The van der Waals surface area contributed by atoms with E-state index in [0.717, 1.165) is 86.9 Å². The Morgan fingerprint density at radius 3 is 2.41 bits per heavy atom. The molecule has 5 heterocycles. The van der Waals surface area contributed by atoms with Crippen molar-refractivity contribution in [1.82, 2.24) is 29.9 Å². The first kappa shape index (κ1) is 41.0. The molecule has 2 aromatic heterocycles. The summed E-state index contributed by atoms with van der Waals surface area (Å²) in [6, 6.07) is 12.3. The van der Waals surface area contributed by atoms with Crippen LogP contribution in [0.4, 0.5) is 24.5 Å². The third-order valence-corrected chi connectivity index (χ3v) is 13.8. The van der Waals surface area contributed by atoms with E-state index in [-0.39, 0.29) is 35.7 Å². The summed E-state index contributed by atoms with van der Waals surface area (Å²) in [5.74, 6) is -1.06. The zero-order valence-electron chi connectivity index (χ0n) is 34.4. The van der Waals surface area contributed by atoms with Crippen LogP contribution in [0.1, 0.15) is 122 Å². The standard InChI is InChI=1S/C45H51F3N8O5/c1-43(2,61)32-20-35-27(19-36(32)51-40(58)34-7-4-8-38(50-34)45(46,47)48)24-56(53-35)29-11-9-26(10-12-29)23-54-17-15-44(16-18-54)21-28(22-44)49-33-6-3-5-30-31(33)25-55(42(30)60)37-13-14-39(57)52-41(37)59/h3-8,19-20,24,26,28-29,37,49,61H,9-18,21-23,25H2,1-2H3,(H,51,58)(H,52,57,59). The highest BCUT2D eigenvalue weighted by molar-refractivity contribution is 6.06. The number of halogens is 3. The molecule has 4 fully saturated rings. The molecular formula is C45H51F3N8O5. The number of likely N-dealkylation sites (tertiary alicyclic amines) is 1. The van der Waals surface area contributed by atoms with Crippen molar-refractivity contribution in [2.75, 3.05) is 30.3 Å². The van der Waals surface area contributed by atoms with Gasteiger partial charge in [-0.2, -0.15) is 18.3 Å². The van der Waals surface area contributed by atoms with Gasteiger partial charge in [0.2, 0.25) is 11.8 Å². The molecule has 16 heteroatoms. The fourth-order valence-corrected chi connectivity index (χ4v) is 10.4. The fraction of sp³-hybridized carbons (Fsp3) is 0.511. The Hall–Kier alpha value is -5.35. The van der Waals surface area contributed by atoms with Crippen molar-refractivity contribution in [3.8, 4) is 0 Å². The number of nitrogens with one attached hydrogen (secondary N) is 3. The Kier molecular flexibility index (Phi) is 10.4. The molecule has 0 bridgehead atoms. The number of rotatable bonds is 9. The molecule has 322 valence electrons. The highest BCUT2D eigenvalue weighted by Crippen LogP contribution is 2.51. The molecule has 61 heavy (non-hydrogen) atoms. The summed E-state index contributed by atoms with van der Waals surface area (Å²) in [7, 11) is 0. The SMILES string of the molecule is CC(C)(O)c1cc2nn(C3CCC(CN4CCC5(CC4)CC(Nc4cccc6c4CN(C4CCC(=O)NC4=O)C6=O)C5)CC3)cc2cc1NC(=O)c1cccc(C(F)(F)F)n1. The lowest BCUT2D eigenvalue weighted by Gasteiger charge is -2.53. The zero-order valence-corrected chi connectivity index (χ0v) is 34.4. The predicted molar refractivity (Wildman–Crippen MR) is 220 cm³/mol. The Morgan fingerprint density at radius 2 is 1.70 bits per heavy atom. The van der Waals surface area contributed by atoms with Gasteiger partial charge in [-0.1, -0.05) is 12.1 Å². The minimum absolute atomic E-state index is 0.157. The molecule has 3 aliphatic heterocycles. The van der Waals surface area contributed by atoms with Crippen molar-refractivity contribution < 1.29 is 37.5 Å². The highest BCUT2D eigenvalue weighted by atomic mass is 19.4. The Morgan fingerprint density at radius 1 is 0.967 bits per heavy atom. The monoisotopic (exact) mass is 840 g/mol. The number of imide groups is 1. The van der Waals surface area contributed by atoms with Crippen LogP contribution in [0, 0.1) is 11.3 Å². The number of fused-ring (bicyclic) bond motifs is 2. The minimum atomic E-state index is -4.69. The second-order valence-electron chi connectivity index (χ2n) is 18.4. The number of carbonyl (C=O) groups is 4. The van der Waals surface area contributed by atoms with E-state index in [4.69, 9.17) is 5.10 Å². The van der Waals surface area contributed by atoms with Crippen LogP contribution in [0.25, 0.3) is 10.9 Å². The number of hydrogen-bond donors (Lipinski definition) is 4. The number of benzene rings is 2. The van der Waals surface area contributed by atoms with E-state index in [2.05, 4.69) is 25.8 Å². The maximum Gasteiger partial charge on any atom is 0.433 e. The van der Waals surface area contributed by atoms with Crippen LogP contribution in [0.2, 0.25) is 0 Å². The maximum atomic E-state index is 13.3. The predicted octanol–water partition coefficient (Wildman–Crippen LogP) is 6.78. The molecule has 2 saturated heterocycles. The summed E-state index contributed by atoms with van der Waals surface area (Å²) in [5, 5.41) is 25.4. The Labute approximate surface area is 351 Å². The Bertz CT molecular complexity index is 2380. The molecule has 5 aliphatic rings. The molecule has 1 atom stereocenters. The van der Waals surface area contributed by atoms with Crippen molar-refractivity contribution in [1.29, 1.82) is 0 Å². The number of aromatic nitrogens is 3. The van der Waals surface area contributed by atoms with Crippen LogP contribution in [0.5, 0.6) is 0 Å².